The molecule has 3 rings (SSSR count). The van der Waals surface area contributed by atoms with Gasteiger partial charge in [-0.2, -0.15) is 0 Å². The van der Waals surface area contributed by atoms with Gasteiger partial charge in [-0.05, 0) is 21.9 Å². The number of fused-ring (bicyclic) bond motifs is 1. The van der Waals surface area contributed by atoms with E-state index < -0.39 is 6.10 Å². The van der Waals surface area contributed by atoms with E-state index in [1.165, 1.54) is 16.3 Å². The second-order valence-corrected chi connectivity index (χ2v) is 5.41. The van der Waals surface area contributed by atoms with Gasteiger partial charge in [-0.15, -0.1) is 0 Å². The first kappa shape index (κ1) is 14.8. The highest BCUT2D eigenvalue weighted by Gasteiger charge is 2.07. The van der Waals surface area contributed by atoms with E-state index in [1.54, 1.807) is 0 Å². The van der Waals surface area contributed by atoms with Crippen molar-refractivity contribution in [2.24, 2.45) is 0 Å². The molecule has 0 aliphatic heterocycles. The Kier molecular flexibility index (Phi) is 4.84. The Morgan fingerprint density at radius 1 is 0.818 bits per heavy atom. The van der Waals surface area contributed by atoms with Gasteiger partial charge in [0.15, 0.2) is 0 Å². The fourth-order valence-corrected chi connectivity index (χ4v) is 2.64. The molecule has 22 heavy (non-hydrogen) atoms. The lowest BCUT2D eigenvalue weighted by molar-refractivity contribution is 0.0738. The monoisotopic (exact) mass is 292 g/mol. The first-order valence-electron chi connectivity index (χ1n) is 7.62. The van der Waals surface area contributed by atoms with Gasteiger partial charge in [0.05, 0.1) is 12.7 Å². The van der Waals surface area contributed by atoms with Crippen LogP contribution in [0.15, 0.2) is 72.8 Å². The number of ether oxygens (including phenoxy) is 1. The van der Waals surface area contributed by atoms with E-state index in [0.29, 0.717) is 19.6 Å². The Labute approximate surface area is 131 Å². The molecule has 0 unspecified atom stereocenters. The molecule has 2 heteroatoms. The van der Waals surface area contributed by atoms with Crippen molar-refractivity contribution in [1.29, 1.82) is 0 Å². The van der Waals surface area contributed by atoms with Crippen LogP contribution in [0.3, 0.4) is 0 Å². The zero-order chi connectivity index (χ0) is 15.2. The van der Waals surface area contributed by atoms with Crippen molar-refractivity contribution < 1.29 is 9.84 Å². The average molecular weight is 292 g/mol. The molecule has 0 aliphatic carbocycles. The molecule has 0 bridgehead atoms. The molecule has 0 fully saturated rings. The van der Waals surface area contributed by atoms with Gasteiger partial charge in [0.1, 0.15) is 0 Å². The van der Waals surface area contributed by atoms with Crippen molar-refractivity contribution in [3.63, 3.8) is 0 Å². The molecule has 1 atom stereocenters. The highest BCUT2D eigenvalue weighted by molar-refractivity contribution is 5.85. The number of hydrogen-bond donors (Lipinski definition) is 1. The van der Waals surface area contributed by atoms with E-state index in [-0.39, 0.29) is 0 Å². The number of benzene rings is 3. The van der Waals surface area contributed by atoms with Crippen LogP contribution in [0.1, 0.15) is 23.7 Å². The maximum Gasteiger partial charge on any atom is 0.0812 e. The summed E-state index contributed by atoms with van der Waals surface area (Å²) in [5.74, 6) is 0. The lowest BCUT2D eigenvalue weighted by Crippen LogP contribution is -2.03. The number of rotatable bonds is 6. The molecule has 0 radical (unpaired) electrons. The molecule has 112 valence electrons. The molecule has 0 saturated heterocycles. The van der Waals surface area contributed by atoms with E-state index in [0.717, 1.165) is 5.56 Å². The summed E-state index contributed by atoms with van der Waals surface area (Å²) in [7, 11) is 0. The van der Waals surface area contributed by atoms with Crippen LogP contribution in [0.4, 0.5) is 0 Å². The van der Waals surface area contributed by atoms with Crippen molar-refractivity contribution in [2.45, 2.75) is 19.1 Å². The maximum atomic E-state index is 10.1. The summed E-state index contributed by atoms with van der Waals surface area (Å²) in [5.41, 5.74) is 2.13. The van der Waals surface area contributed by atoms with Gasteiger partial charge in [0.25, 0.3) is 0 Å². The van der Waals surface area contributed by atoms with Crippen LogP contribution in [0, 0.1) is 0 Å². The second kappa shape index (κ2) is 7.21. The Hall–Kier alpha value is -2.16. The molecule has 0 saturated carbocycles. The number of aliphatic hydroxyl groups excluding tert-OH is 1. The minimum Gasteiger partial charge on any atom is -0.388 e. The van der Waals surface area contributed by atoms with Crippen LogP contribution in [0.25, 0.3) is 10.8 Å². The molecular weight excluding hydrogens is 272 g/mol. The second-order valence-electron chi connectivity index (χ2n) is 5.41. The predicted octanol–water partition coefficient (Wildman–Crippen LogP) is 4.48. The van der Waals surface area contributed by atoms with Crippen LogP contribution in [0.2, 0.25) is 0 Å². The highest BCUT2D eigenvalue weighted by Crippen LogP contribution is 2.20. The van der Waals surface area contributed by atoms with Gasteiger partial charge < -0.3 is 9.84 Å². The number of aliphatic hydroxyl groups is 1. The largest absolute Gasteiger partial charge is 0.388 e. The minimum absolute atomic E-state index is 0.464. The maximum absolute atomic E-state index is 10.1. The summed E-state index contributed by atoms with van der Waals surface area (Å²) >= 11 is 0. The third-order valence-electron chi connectivity index (χ3n) is 3.86. The van der Waals surface area contributed by atoms with E-state index in [4.69, 9.17) is 4.74 Å². The van der Waals surface area contributed by atoms with Crippen molar-refractivity contribution in [3.8, 4) is 0 Å². The van der Waals surface area contributed by atoms with Crippen molar-refractivity contribution in [3.05, 3.63) is 83.9 Å². The molecule has 0 heterocycles. The van der Waals surface area contributed by atoms with Crippen LogP contribution >= 0.6 is 0 Å². The summed E-state index contributed by atoms with van der Waals surface area (Å²) in [5, 5.41) is 12.6. The van der Waals surface area contributed by atoms with Crippen LogP contribution in [-0.2, 0) is 11.3 Å². The third kappa shape index (κ3) is 3.53. The van der Waals surface area contributed by atoms with Gasteiger partial charge in [0.2, 0.25) is 0 Å². The Bertz CT molecular complexity index is 717. The first-order chi connectivity index (χ1) is 10.8. The van der Waals surface area contributed by atoms with Crippen molar-refractivity contribution in [2.75, 3.05) is 6.61 Å². The van der Waals surface area contributed by atoms with Gasteiger partial charge in [-0.25, -0.2) is 0 Å². The predicted molar refractivity (Wildman–Crippen MR) is 89.6 cm³/mol. The van der Waals surface area contributed by atoms with Crippen LogP contribution in [-0.4, -0.2) is 11.7 Å². The fraction of sp³-hybridized carbons (Fsp3) is 0.200. The van der Waals surface area contributed by atoms with Gasteiger partial charge in [-0.1, -0.05) is 72.8 Å². The van der Waals surface area contributed by atoms with Gasteiger partial charge >= 0.3 is 0 Å². The lowest BCUT2D eigenvalue weighted by atomic mass is 10.1. The molecule has 3 aromatic carbocycles. The molecule has 0 aliphatic rings. The topological polar surface area (TPSA) is 29.5 Å². The quantitative estimate of drug-likeness (QED) is 0.679. The smallest absolute Gasteiger partial charge is 0.0812 e. The molecular formula is C20H20O2. The first-order valence-corrected chi connectivity index (χ1v) is 7.62. The van der Waals surface area contributed by atoms with E-state index in [1.807, 2.05) is 42.5 Å². The fourth-order valence-electron chi connectivity index (χ4n) is 2.64. The molecule has 0 aromatic heterocycles. The van der Waals surface area contributed by atoms with Crippen LogP contribution < -0.4 is 0 Å². The summed E-state index contributed by atoms with van der Waals surface area (Å²) in [4.78, 5) is 0. The normalized spacial score (nSPS) is 12.4. The SMILES string of the molecule is O[C@H](CCOCc1cccc2ccccc12)c1ccccc1. The summed E-state index contributed by atoms with van der Waals surface area (Å²) in [6.45, 7) is 1.11. The molecule has 0 spiro atoms. The zero-order valence-electron chi connectivity index (χ0n) is 12.5. The van der Waals surface area contributed by atoms with E-state index in [2.05, 4.69) is 30.3 Å². The Morgan fingerprint density at radius 3 is 2.41 bits per heavy atom. The average Bonchev–Trinajstić information content (AvgIpc) is 2.59. The highest BCUT2D eigenvalue weighted by atomic mass is 16.5. The van der Waals surface area contributed by atoms with Gasteiger partial charge in [-0.3, -0.25) is 0 Å². The molecule has 2 nitrogen and oxygen atoms in total. The van der Waals surface area contributed by atoms with E-state index in [9.17, 15) is 5.11 Å². The molecule has 3 aromatic rings. The van der Waals surface area contributed by atoms with E-state index >= 15 is 0 Å². The standard InChI is InChI=1S/C20H20O2/c21-20(17-8-2-1-3-9-17)13-14-22-15-18-11-6-10-16-7-4-5-12-19(16)18/h1-12,20-21H,13-15H2/t20-/m1/s1. The summed E-state index contributed by atoms with van der Waals surface area (Å²) < 4.78 is 5.76. The Balaban J connectivity index is 1.55. The summed E-state index contributed by atoms with van der Waals surface area (Å²) in [6, 6.07) is 24.3. The minimum atomic E-state index is -0.464. The molecule has 0 amide bonds. The zero-order valence-corrected chi connectivity index (χ0v) is 12.5. The van der Waals surface area contributed by atoms with Crippen LogP contribution in [0.5, 0.6) is 0 Å². The third-order valence-corrected chi connectivity index (χ3v) is 3.86. The van der Waals surface area contributed by atoms with Crippen molar-refractivity contribution >= 4 is 10.8 Å². The molecule has 1 N–H and O–H groups in total. The Morgan fingerprint density at radius 2 is 1.55 bits per heavy atom. The lowest BCUT2D eigenvalue weighted by Gasteiger charge is -2.12. The number of hydrogen-bond acceptors (Lipinski definition) is 2. The van der Waals surface area contributed by atoms with Crippen molar-refractivity contribution in [1.82, 2.24) is 0 Å². The van der Waals surface area contributed by atoms with Gasteiger partial charge in [0, 0.05) is 13.0 Å². The summed E-state index contributed by atoms with van der Waals surface area (Å²) in [6.07, 6.45) is 0.142.